The number of rotatable bonds is 1. The van der Waals surface area contributed by atoms with Crippen LogP contribution in [0, 0.1) is 0 Å². The molecule has 1 aromatic carbocycles. The third kappa shape index (κ3) is 1.94. The Morgan fingerprint density at radius 3 is 2.83 bits per heavy atom. The van der Waals surface area contributed by atoms with Crippen LogP contribution < -0.4 is 0 Å². The van der Waals surface area contributed by atoms with E-state index < -0.39 is 0 Å². The lowest BCUT2D eigenvalue weighted by atomic mass is 9.90. The van der Waals surface area contributed by atoms with E-state index >= 15 is 0 Å². The molecule has 90 valence electrons. The maximum atomic E-state index is 12.6. The molecule has 1 atom stereocenters. The zero-order chi connectivity index (χ0) is 12.4. The first-order valence-electron chi connectivity index (χ1n) is 6.38. The molecule has 1 aromatic heterocycles. The van der Waals surface area contributed by atoms with Crippen molar-refractivity contribution in [3.05, 3.63) is 65.5 Å². The highest BCUT2D eigenvalue weighted by molar-refractivity contribution is 6.02. The summed E-state index contributed by atoms with van der Waals surface area (Å²) in [5.41, 5.74) is 3.12. The highest BCUT2D eigenvalue weighted by Crippen LogP contribution is 2.31. The van der Waals surface area contributed by atoms with Crippen molar-refractivity contribution in [3.63, 3.8) is 0 Å². The molecule has 0 amide bonds. The molecule has 0 saturated carbocycles. The summed E-state index contributed by atoms with van der Waals surface area (Å²) >= 11 is 0. The average Bonchev–Trinajstić information content (AvgIpc) is 2.60. The molecule has 0 fully saturated rings. The molecule has 3 rings (SSSR count). The van der Waals surface area contributed by atoms with Crippen LogP contribution in [0.2, 0.25) is 0 Å². The fourth-order valence-corrected chi connectivity index (χ4v) is 2.69. The number of carbonyl (C=O) groups is 1. The van der Waals surface area contributed by atoms with Gasteiger partial charge in [0.15, 0.2) is 5.78 Å². The van der Waals surface area contributed by atoms with Crippen molar-refractivity contribution >= 4 is 5.78 Å². The number of aryl methyl sites for hydroxylation is 1. The second kappa shape index (κ2) is 4.73. The molecule has 0 unspecified atom stereocenters. The van der Waals surface area contributed by atoms with Crippen molar-refractivity contribution in [1.29, 1.82) is 0 Å². The Hall–Kier alpha value is -1.96. The number of fused-ring (bicyclic) bond motifs is 1. The van der Waals surface area contributed by atoms with Gasteiger partial charge in [0, 0.05) is 23.9 Å². The molecule has 2 aromatic rings. The zero-order valence-corrected chi connectivity index (χ0v) is 10.2. The molecule has 0 radical (unpaired) electrons. The molecular weight excluding hydrogens is 222 g/mol. The number of hydrogen-bond acceptors (Lipinski definition) is 2. The Labute approximate surface area is 107 Å². The summed E-state index contributed by atoms with van der Waals surface area (Å²) in [4.78, 5) is 16.7. The highest BCUT2D eigenvalue weighted by atomic mass is 16.1. The van der Waals surface area contributed by atoms with E-state index in [0.29, 0.717) is 0 Å². The van der Waals surface area contributed by atoms with Gasteiger partial charge in [-0.3, -0.25) is 9.78 Å². The second-order valence-corrected chi connectivity index (χ2v) is 4.75. The van der Waals surface area contributed by atoms with Gasteiger partial charge in [-0.1, -0.05) is 30.3 Å². The fraction of sp³-hybridized carbons (Fsp3) is 0.250. The van der Waals surface area contributed by atoms with E-state index in [2.05, 4.69) is 11.1 Å². The first-order valence-corrected chi connectivity index (χ1v) is 6.38. The Morgan fingerprint density at radius 1 is 1.11 bits per heavy atom. The highest BCUT2D eigenvalue weighted by Gasteiger charge is 2.26. The Kier molecular flexibility index (Phi) is 2.93. The molecule has 0 N–H and O–H groups in total. The summed E-state index contributed by atoms with van der Waals surface area (Å²) in [5, 5.41) is 0. The maximum Gasteiger partial charge on any atom is 0.170 e. The monoisotopic (exact) mass is 237 g/mol. The van der Waals surface area contributed by atoms with Crippen molar-refractivity contribution < 1.29 is 4.79 Å². The fourth-order valence-electron chi connectivity index (χ4n) is 2.69. The van der Waals surface area contributed by atoms with Crippen LogP contribution in [0.3, 0.4) is 0 Å². The van der Waals surface area contributed by atoms with Gasteiger partial charge in [-0.2, -0.15) is 0 Å². The first-order chi connectivity index (χ1) is 8.86. The molecule has 1 aliphatic carbocycles. The van der Waals surface area contributed by atoms with E-state index in [9.17, 15) is 4.79 Å². The largest absolute Gasteiger partial charge is 0.293 e. The summed E-state index contributed by atoms with van der Waals surface area (Å²) in [6, 6.07) is 11.9. The average molecular weight is 237 g/mol. The molecule has 0 bridgehead atoms. The standard InChI is InChI=1S/C16H15NO/c18-16-14-8-2-1-5-12(14)6-3-9-15(16)13-7-4-10-17-11-13/h1-2,4-5,7-8,10-11,15H,3,6,9H2/t15-/m1/s1. The Balaban J connectivity index is 2.02. The Bertz CT molecular complexity index is 562. The summed E-state index contributed by atoms with van der Waals surface area (Å²) in [5.74, 6) is 0.221. The number of nitrogens with zero attached hydrogens (tertiary/aromatic N) is 1. The summed E-state index contributed by atoms with van der Waals surface area (Å²) < 4.78 is 0. The molecule has 0 aliphatic heterocycles. The molecule has 2 nitrogen and oxygen atoms in total. The lowest BCUT2D eigenvalue weighted by Gasteiger charge is -2.13. The van der Waals surface area contributed by atoms with Gasteiger partial charge in [-0.15, -0.1) is 0 Å². The normalized spacial score (nSPS) is 19.1. The van der Waals surface area contributed by atoms with Crippen molar-refractivity contribution in [2.24, 2.45) is 0 Å². The number of aromatic nitrogens is 1. The van der Waals surface area contributed by atoms with Crippen LogP contribution >= 0.6 is 0 Å². The summed E-state index contributed by atoms with van der Waals surface area (Å²) in [6.45, 7) is 0. The lowest BCUT2D eigenvalue weighted by molar-refractivity contribution is 0.0957. The predicted octanol–water partition coefficient (Wildman–Crippen LogP) is 3.38. The molecule has 18 heavy (non-hydrogen) atoms. The third-order valence-corrected chi connectivity index (χ3v) is 3.63. The topological polar surface area (TPSA) is 30.0 Å². The van der Waals surface area contributed by atoms with Crippen LogP contribution in [0.15, 0.2) is 48.8 Å². The van der Waals surface area contributed by atoms with Gasteiger partial charge in [0.25, 0.3) is 0 Å². The van der Waals surface area contributed by atoms with Crippen LogP contribution in [-0.4, -0.2) is 10.8 Å². The predicted molar refractivity (Wildman–Crippen MR) is 70.7 cm³/mol. The Morgan fingerprint density at radius 2 is 2.00 bits per heavy atom. The van der Waals surface area contributed by atoms with Gasteiger partial charge >= 0.3 is 0 Å². The van der Waals surface area contributed by atoms with Gasteiger partial charge < -0.3 is 0 Å². The molecule has 0 spiro atoms. The molecule has 1 aliphatic rings. The molecule has 0 saturated heterocycles. The van der Waals surface area contributed by atoms with Crippen LogP contribution in [0.25, 0.3) is 0 Å². The second-order valence-electron chi connectivity index (χ2n) is 4.75. The zero-order valence-electron chi connectivity index (χ0n) is 10.2. The van der Waals surface area contributed by atoms with E-state index in [-0.39, 0.29) is 11.7 Å². The number of hydrogen-bond donors (Lipinski definition) is 0. The number of benzene rings is 1. The maximum absolute atomic E-state index is 12.6. The van der Waals surface area contributed by atoms with Gasteiger partial charge in [-0.25, -0.2) is 0 Å². The van der Waals surface area contributed by atoms with E-state index in [1.807, 2.05) is 36.5 Å². The van der Waals surface area contributed by atoms with Crippen molar-refractivity contribution in [2.75, 3.05) is 0 Å². The quantitative estimate of drug-likeness (QED) is 0.712. The minimum atomic E-state index is -0.0256. The van der Waals surface area contributed by atoms with Gasteiger partial charge in [0.2, 0.25) is 0 Å². The summed E-state index contributed by atoms with van der Waals surface area (Å²) in [7, 11) is 0. The molecule has 1 heterocycles. The van der Waals surface area contributed by atoms with E-state index in [1.54, 1.807) is 6.20 Å². The van der Waals surface area contributed by atoms with Crippen molar-refractivity contribution in [1.82, 2.24) is 4.98 Å². The minimum Gasteiger partial charge on any atom is -0.293 e. The number of ketones is 1. The molecule has 2 heteroatoms. The van der Waals surface area contributed by atoms with Crippen molar-refractivity contribution in [3.8, 4) is 0 Å². The van der Waals surface area contributed by atoms with Crippen LogP contribution in [0.4, 0.5) is 0 Å². The van der Waals surface area contributed by atoms with Gasteiger partial charge in [0.05, 0.1) is 0 Å². The number of pyridine rings is 1. The third-order valence-electron chi connectivity index (χ3n) is 3.63. The lowest BCUT2D eigenvalue weighted by Crippen LogP contribution is -2.12. The van der Waals surface area contributed by atoms with Crippen molar-refractivity contribution in [2.45, 2.75) is 25.2 Å². The smallest absolute Gasteiger partial charge is 0.170 e. The van der Waals surface area contributed by atoms with E-state index in [4.69, 9.17) is 0 Å². The van der Waals surface area contributed by atoms with Gasteiger partial charge in [-0.05, 0) is 36.5 Å². The van der Waals surface area contributed by atoms with E-state index in [1.165, 1.54) is 5.56 Å². The van der Waals surface area contributed by atoms with E-state index in [0.717, 1.165) is 30.4 Å². The number of carbonyl (C=O) groups excluding carboxylic acids is 1. The van der Waals surface area contributed by atoms with Crippen LogP contribution in [0.1, 0.15) is 40.2 Å². The number of Topliss-reactive ketones (excluding diaryl/α,β-unsaturated/α-hetero) is 1. The van der Waals surface area contributed by atoms with Crippen LogP contribution in [-0.2, 0) is 6.42 Å². The SMILES string of the molecule is O=C1c2ccccc2CCC[C@@H]1c1cccnc1. The molecular formula is C16H15NO. The van der Waals surface area contributed by atoms with Gasteiger partial charge in [0.1, 0.15) is 0 Å². The first kappa shape index (κ1) is 11.1. The minimum absolute atomic E-state index is 0.0256. The summed E-state index contributed by atoms with van der Waals surface area (Å²) in [6.07, 6.45) is 6.54. The van der Waals surface area contributed by atoms with Crippen LogP contribution in [0.5, 0.6) is 0 Å².